The number of nitrogens with zero attached hydrogens (tertiary/aromatic N) is 1. The van der Waals surface area contributed by atoms with E-state index in [4.69, 9.17) is 25.7 Å². The van der Waals surface area contributed by atoms with Gasteiger partial charge in [0.2, 0.25) is 0 Å². The number of aromatic hydroxyl groups is 1. The zero-order valence-corrected chi connectivity index (χ0v) is 15.3. The lowest BCUT2D eigenvalue weighted by molar-refractivity contribution is 0.415. The quantitative estimate of drug-likeness (QED) is 0.446. The topological polar surface area (TPSA) is 55.0 Å². The number of hydrogen-bond donors (Lipinski definition) is 1. The maximum atomic E-state index is 10.7. The third-order valence-electron chi connectivity index (χ3n) is 4.22. The summed E-state index contributed by atoms with van der Waals surface area (Å²) in [6.07, 6.45) is 0. The minimum atomic E-state index is 0.0640. The summed E-state index contributed by atoms with van der Waals surface area (Å²) in [5, 5.41) is 12.0. The highest BCUT2D eigenvalue weighted by Gasteiger charge is 2.20. The minimum Gasteiger partial charge on any atom is -0.504 e. The van der Waals surface area contributed by atoms with E-state index in [-0.39, 0.29) is 5.75 Å². The predicted molar refractivity (Wildman–Crippen MR) is 108 cm³/mol. The van der Waals surface area contributed by atoms with Crippen LogP contribution in [0.2, 0.25) is 5.02 Å². The van der Waals surface area contributed by atoms with Gasteiger partial charge in [0.1, 0.15) is 17.0 Å². The van der Waals surface area contributed by atoms with E-state index in [1.54, 1.807) is 19.2 Å². The molecule has 1 N–H and O–H groups in total. The highest BCUT2D eigenvalue weighted by molar-refractivity contribution is 6.30. The average molecular weight is 378 g/mol. The standard InChI is InChI=1S/C22H16ClNO3/c1-26-17-12-6-14(7-13-17)20(24-16-10-8-15(23)9-11-16)22-21(25)18-4-2-3-5-19(18)27-22/h2-13,25H,1H3. The smallest absolute Gasteiger partial charge is 0.196 e. The van der Waals surface area contributed by atoms with E-state index in [1.165, 1.54) is 0 Å². The zero-order chi connectivity index (χ0) is 18.8. The van der Waals surface area contributed by atoms with Crippen molar-refractivity contribution >= 4 is 34.0 Å². The molecule has 0 atom stereocenters. The van der Waals surface area contributed by atoms with Gasteiger partial charge in [-0.25, -0.2) is 4.99 Å². The summed E-state index contributed by atoms with van der Waals surface area (Å²) in [5.74, 6) is 1.11. The lowest BCUT2D eigenvalue weighted by Crippen LogP contribution is -2.02. The molecule has 4 nitrogen and oxygen atoms in total. The number of fused-ring (bicyclic) bond motifs is 1. The maximum Gasteiger partial charge on any atom is 0.196 e. The average Bonchev–Trinajstić information content (AvgIpc) is 3.04. The van der Waals surface area contributed by atoms with Crippen molar-refractivity contribution in [2.24, 2.45) is 4.99 Å². The van der Waals surface area contributed by atoms with Crippen LogP contribution in [0.4, 0.5) is 5.69 Å². The van der Waals surface area contributed by atoms with Gasteiger partial charge in [0, 0.05) is 10.6 Å². The predicted octanol–water partition coefficient (Wildman–Crippen LogP) is 5.97. The third-order valence-corrected chi connectivity index (χ3v) is 4.47. The number of ether oxygens (including phenoxy) is 1. The molecule has 4 rings (SSSR count). The van der Waals surface area contributed by atoms with Crippen molar-refractivity contribution in [1.29, 1.82) is 0 Å². The van der Waals surface area contributed by atoms with Gasteiger partial charge in [-0.1, -0.05) is 23.7 Å². The summed E-state index contributed by atoms with van der Waals surface area (Å²) in [5.41, 5.74) is 2.61. The van der Waals surface area contributed by atoms with Gasteiger partial charge in [0.15, 0.2) is 11.5 Å². The Bertz CT molecular complexity index is 1110. The number of benzene rings is 3. The highest BCUT2D eigenvalue weighted by atomic mass is 35.5. The largest absolute Gasteiger partial charge is 0.504 e. The monoisotopic (exact) mass is 377 g/mol. The molecule has 1 aromatic heterocycles. The molecule has 0 aliphatic rings. The van der Waals surface area contributed by atoms with Gasteiger partial charge >= 0.3 is 0 Å². The lowest BCUT2D eigenvalue weighted by Gasteiger charge is -2.07. The van der Waals surface area contributed by atoms with Crippen molar-refractivity contribution in [2.45, 2.75) is 0 Å². The SMILES string of the molecule is COc1ccc(C(=Nc2ccc(Cl)cc2)c2oc3ccccc3c2O)cc1. The molecule has 0 saturated carbocycles. The first kappa shape index (κ1) is 17.2. The fourth-order valence-electron chi connectivity index (χ4n) is 2.83. The van der Waals surface area contributed by atoms with E-state index < -0.39 is 0 Å². The molecule has 0 aliphatic carbocycles. The molecule has 5 heteroatoms. The van der Waals surface area contributed by atoms with Crippen molar-refractivity contribution < 1.29 is 14.3 Å². The Morgan fingerprint density at radius 1 is 0.963 bits per heavy atom. The van der Waals surface area contributed by atoms with E-state index in [9.17, 15) is 5.11 Å². The summed E-state index contributed by atoms with van der Waals surface area (Å²) in [6, 6.07) is 21.9. The van der Waals surface area contributed by atoms with Crippen molar-refractivity contribution in [1.82, 2.24) is 0 Å². The van der Waals surface area contributed by atoms with E-state index in [1.807, 2.05) is 60.7 Å². The van der Waals surface area contributed by atoms with Crippen LogP contribution in [0.3, 0.4) is 0 Å². The fraction of sp³-hybridized carbons (Fsp3) is 0.0455. The molecule has 0 spiro atoms. The Morgan fingerprint density at radius 2 is 1.67 bits per heavy atom. The summed E-state index contributed by atoms with van der Waals surface area (Å²) in [6.45, 7) is 0. The Balaban J connectivity index is 1.91. The molecule has 0 bridgehead atoms. The van der Waals surface area contributed by atoms with E-state index in [0.717, 1.165) is 11.3 Å². The summed E-state index contributed by atoms with van der Waals surface area (Å²) in [7, 11) is 1.61. The number of aliphatic imine (C=N–C) groups is 1. The van der Waals surface area contributed by atoms with Crippen LogP contribution in [-0.4, -0.2) is 17.9 Å². The summed E-state index contributed by atoms with van der Waals surface area (Å²) in [4.78, 5) is 4.72. The van der Waals surface area contributed by atoms with Gasteiger partial charge in [0.05, 0.1) is 18.2 Å². The van der Waals surface area contributed by atoms with Crippen LogP contribution >= 0.6 is 11.6 Å². The maximum absolute atomic E-state index is 10.7. The second-order valence-corrected chi connectivity index (χ2v) is 6.38. The third kappa shape index (κ3) is 3.39. The number of hydrogen-bond acceptors (Lipinski definition) is 4. The molecule has 0 radical (unpaired) electrons. The molecular formula is C22H16ClNO3. The van der Waals surface area contributed by atoms with Crippen molar-refractivity contribution in [2.75, 3.05) is 7.11 Å². The fourth-order valence-corrected chi connectivity index (χ4v) is 2.96. The molecule has 0 aliphatic heterocycles. The van der Waals surface area contributed by atoms with Crippen molar-refractivity contribution in [3.63, 3.8) is 0 Å². The van der Waals surface area contributed by atoms with E-state index in [0.29, 0.717) is 33.2 Å². The number of furan rings is 1. The zero-order valence-electron chi connectivity index (χ0n) is 14.5. The van der Waals surface area contributed by atoms with Gasteiger partial charge in [-0.3, -0.25) is 0 Å². The Kier molecular flexibility index (Phi) is 4.57. The van der Waals surface area contributed by atoms with E-state index in [2.05, 4.69) is 0 Å². The Morgan fingerprint density at radius 3 is 2.33 bits per heavy atom. The lowest BCUT2D eigenvalue weighted by atomic mass is 10.1. The van der Waals surface area contributed by atoms with Crippen LogP contribution in [0.1, 0.15) is 11.3 Å². The van der Waals surface area contributed by atoms with Crippen LogP contribution in [0.5, 0.6) is 11.5 Å². The number of para-hydroxylation sites is 1. The van der Waals surface area contributed by atoms with Gasteiger partial charge in [-0.05, 0) is 60.7 Å². The Labute approximate surface area is 161 Å². The first-order valence-electron chi connectivity index (χ1n) is 8.35. The van der Waals surface area contributed by atoms with Crippen LogP contribution in [0, 0.1) is 0 Å². The first-order valence-corrected chi connectivity index (χ1v) is 8.73. The van der Waals surface area contributed by atoms with Crippen LogP contribution in [0.25, 0.3) is 11.0 Å². The van der Waals surface area contributed by atoms with Gasteiger partial charge < -0.3 is 14.3 Å². The molecule has 3 aromatic carbocycles. The van der Waals surface area contributed by atoms with Crippen LogP contribution in [0.15, 0.2) is 82.2 Å². The number of rotatable bonds is 4. The second-order valence-electron chi connectivity index (χ2n) is 5.94. The number of methoxy groups -OCH3 is 1. The molecule has 0 unspecified atom stereocenters. The minimum absolute atomic E-state index is 0.0640. The molecule has 4 aromatic rings. The highest BCUT2D eigenvalue weighted by Crippen LogP contribution is 2.34. The number of halogens is 1. The molecule has 0 amide bonds. The van der Waals surface area contributed by atoms with Crippen LogP contribution in [-0.2, 0) is 0 Å². The molecule has 27 heavy (non-hydrogen) atoms. The second kappa shape index (κ2) is 7.17. The van der Waals surface area contributed by atoms with Gasteiger partial charge in [-0.2, -0.15) is 0 Å². The van der Waals surface area contributed by atoms with Gasteiger partial charge in [-0.15, -0.1) is 0 Å². The van der Waals surface area contributed by atoms with Gasteiger partial charge in [0.25, 0.3) is 0 Å². The normalized spacial score (nSPS) is 11.7. The molecule has 134 valence electrons. The molecular weight excluding hydrogens is 362 g/mol. The first-order chi connectivity index (χ1) is 13.2. The summed E-state index contributed by atoms with van der Waals surface area (Å²) >= 11 is 5.97. The molecule has 0 saturated heterocycles. The van der Waals surface area contributed by atoms with Crippen LogP contribution < -0.4 is 4.74 Å². The summed E-state index contributed by atoms with van der Waals surface area (Å²) < 4.78 is 11.2. The van der Waals surface area contributed by atoms with E-state index >= 15 is 0 Å². The molecule has 1 heterocycles. The van der Waals surface area contributed by atoms with Crippen molar-refractivity contribution in [3.05, 3.63) is 89.1 Å². The Hall–Kier alpha value is -3.24. The molecule has 0 fully saturated rings. The van der Waals surface area contributed by atoms with Crippen molar-refractivity contribution in [3.8, 4) is 11.5 Å².